The number of benzene rings is 1. The highest BCUT2D eigenvalue weighted by molar-refractivity contribution is 6.30. The molecule has 1 aliphatic rings. The summed E-state index contributed by atoms with van der Waals surface area (Å²) in [4.78, 5) is 10.5. The lowest BCUT2D eigenvalue weighted by Crippen LogP contribution is -2.22. The SMILES string of the molecule is O=C(O)CC/C=C\CC[C@H]1[C@@H](O)CO[C@@H]1/C=C/CCOc1cccc(Cl)c1. The Morgan fingerprint density at radius 3 is 2.85 bits per heavy atom. The Balaban J connectivity index is 1.69. The summed E-state index contributed by atoms with van der Waals surface area (Å²) in [5.74, 6) is 0.0130. The molecule has 27 heavy (non-hydrogen) atoms. The second-order valence-electron chi connectivity index (χ2n) is 6.53. The van der Waals surface area contributed by atoms with Crippen molar-refractivity contribution in [3.8, 4) is 5.75 Å². The van der Waals surface area contributed by atoms with Crippen LogP contribution in [0.2, 0.25) is 5.02 Å². The van der Waals surface area contributed by atoms with Crippen molar-refractivity contribution in [2.75, 3.05) is 13.2 Å². The maximum absolute atomic E-state index is 10.5. The smallest absolute Gasteiger partial charge is 0.303 e. The first-order chi connectivity index (χ1) is 13.1. The molecule has 148 valence electrons. The molecule has 0 aromatic heterocycles. The zero-order chi connectivity index (χ0) is 19.5. The Bertz CT molecular complexity index is 643. The summed E-state index contributed by atoms with van der Waals surface area (Å²) in [5.41, 5.74) is 0. The van der Waals surface area contributed by atoms with Crippen molar-refractivity contribution in [1.82, 2.24) is 0 Å². The predicted molar refractivity (Wildman–Crippen MR) is 105 cm³/mol. The van der Waals surface area contributed by atoms with Crippen LogP contribution in [0.4, 0.5) is 0 Å². The van der Waals surface area contributed by atoms with Gasteiger partial charge in [0.05, 0.1) is 25.4 Å². The normalized spacial score (nSPS) is 22.7. The van der Waals surface area contributed by atoms with Crippen LogP contribution < -0.4 is 4.74 Å². The van der Waals surface area contributed by atoms with Crippen LogP contribution in [0.3, 0.4) is 0 Å². The molecule has 1 fully saturated rings. The highest BCUT2D eigenvalue weighted by atomic mass is 35.5. The van der Waals surface area contributed by atoms with Crippen LogP contribution in [0.5, 0.6) is 5.75 Å². The second-order valence-corrected chi connectivity index (χ2v) is 6.97. The Morgan fingerprint density at radius 1 is 1.26 bits per heavy atom. The van der Waals surface area contributed by atoms with Crippen LogP contribution in [0, 0.1) is 5.92 Å². The Hall–Kier alpha value is -1.82. The van der Waals surface area contributed by atoms with Gasteiger partial charge in [-0.1, -0.05) is 42.0 Å². The third kappa shape index (κ3) is 8.16. The van der Waals surface area contributed by atoms with Gasteiger partial charge >= 0.3 is 5.97 Å². The van der Waals surface area contributed by atoms with Crippen molar-refractivity contribution >= 4 is 17.6 Å². The molecule has 0 bridgehead atoms. The molecule has 1 heterocycles. The molecule has 1 aromatic carbocycles. The number of halogens is 1. The summed E-state index contributed by atoms with van der Waals surface area (Å²) in [7, 11) is 0. The summed E-state index contributed by atoms with van der Waals surface area (Å²) < 4.78 is 11.3. The van der Waals surface area contributed by atoms with E-state index in [9.17, 15) is 9.90 Å². The van der Waals surface area contributed by atoms with Gasteiger partial charge in [-0.25, -0.2) is 0 Å². The zero-order valence-electron chi connectivity index (χ0n) is 15.3. The van der Waals surface area contributed by atoms with Gasteiger partial charge in [0.25, 0.3) is 0 Å². The van der Waals surface area contributed by atoms with Gasteiger partial charge in [-0.2, -0.15) is 0 Å². The molecule has 1 aromatic rings. The van der Waals surface area contributed by atoms with Gasteiger partial charge < -0.3 is 19.7 Å². The molecule has 5 nitrogen and oxygen atoms in total. The fraction of sp³-hybridized carbons (Fsp3) is 0.476. The molecule has 1 aliphatic heterocycles. The number of carboxylic acids is 1. The number of rotatable bonds is 11. The second kappa shape index (κ2) is 11.8. The summed E-state index contributed by atoms with van der Waals surface area (Å²) in [5, 5.41) is 19.4. The molecule has 1 saturated heterocycles. The number of aliphatic hydroxyl groups excluding tert-OH is 1. The largest absolute Gasteiger partial charge is 0.493 e. The van der Waals surface area contributed by atoms with Gasteiger partial charge in [0.15, 0.2) is 0 Å². The van der Waals surface area contributed by atoms with E-state index in [1.165, 1.54) is 0 Å². The van der Waals surface area contributed by atoms with Gasteiger partial charge in [0.2, 0.25) is 0 Å². The number of carboxylic acid groups (broad SMARTS) is 1. The first kappa shape index (κ1) is 21.5. The van der Waals surface area contributed by atoms with Crippen molar-refractivity contribution in [3.05, 3.63) is 53.6 Å². The van der Waals surface area contributed by atoms with E-state index in [1.54, 1.807) is 12.1 Å². The van der Waals surface area contributed by atoms with Crippen LogP contribution >= 0.6 is 11.6 Å². The van der Waals surface area contributed by atoms with E-state index in [2.05, 4.69) is 0 Å². The first-order valence-corrected chi connectivity index (χ1v) is 9.65. The molecule has 3 atom stereocenters. The maximum atomic E-state index is 10.5. The van der Waals surface area contributed by atoms with E-state index in [1.807, 2.05) is 36.4 Å². The van der Waals surface area contributed by atoms with E-state index >= 15 is 0 Å². The standard InChI is InChI=1S/C21H27ClO5/c22-16-8-7-9-17(14-16)26-13-6-5-11-20-18(19(23)15-27-20)10-3-1-2-4-12-21(24)25/h1-2,5,7-9,11,14,18-20,23H,3-4,6,10,12-13,15H2,(H,24,25)/b2-1-,11-5+/t18-,19-,20+/m0/s1. The predicted octanol–water partition coefficient (Wildman–Crippen LogP) is 4.24. The lowest BCUT2D eigenvalue weighted by atomic mass is 9.93. The molecule has 2 rings (SSSR count). The van der Waals surface area contributed by atoms with E-state index in [0.29, 0.717) is 24.7 Å². The summed E-state index contributed by atoms with van der Waals surface area (Å²) in [6, 6.07) is 7.30. The lowest BCUT2D eigenvalue weighted by Gasteiger charge is -2.16. The van der Waals surface area contributed by atoms with Crippen LogP contribution in [0.25, 0.3) is 0 Å². The number of carbonyl (C=O) groups is 1. The molecule has 0 spiro atoms. The first-order valence-electron chi connectivity index (χ1n) is 9.27. The molecule has 2 N–H and O–H groups in total. The van der Waals surface area contributed by atoms with Crippen LogP contribution in [-0.2, 0) is 9.53 Å². The summed E-state index contributed by atoms with van der Waals surface area (Å²) >= 11 is 5.92. The van der Waals surface area contributed by atoms with Crippen molar-refractivity contribution < 1.29 is 24.5 Å². The highest BCUT2D eigenvalue weighted by Crippen LogP contribution is 2.27. The van der Waals surface area contributed by atoms with E-state index in [4.69, 9.17) is 26.2 Å². The summed E-state index contributed by atoms with van der Waals surface area (Å²) in [6.45, 7) is 0.893. The Morgan fingerprint density at radius 2 is 2.07 bits per heavy atom. The number of aliphatic hydroxyl groups is 1. The molecule has 0 radical (unpaired) electrons. The molecule has 0 saturated carbocycles. The lowest BCUT2D eigenvalue weighted by molar-refractivity contribution is -0.136. The molecule has 0 unspecified atom stereocenters. The highest BCUT2D eigenvalue weighted by Gasteiger charge is 2.33. The van der Waals surface area contributed by atoms with Gasteiger partial charge in [0, 0.05) is 17.4 Å². The minimum Gasteiger partial charge on any atom is -0.493 e. The molecular formula is C21H27ClO5. The minimum atomic E-state index is -0.788. The topological polar surface area (TPSA) is 76.0 Å². The molecular weight excluding hydrogens is 368 g/mol. The van der Waals surface area contributed by atoms with Gasteiger partial charge in [-0.15, -0.1) is 0 Å². The minimum absolute atomic E-state index is 0.0548. The average Bonchev–Trinajstić information content (AvgIpc) is 2.97. The van der Waals surface area contributed by atoms with E-state index < -0.39 is 12.1 Å². The van der Waals surface area contributed by atoms with Gasteiger partial charge in [-0.05, 0) is 43.9 Å². The van der Waals surface area contributed by atoms with Gasteiger partial charge in [0.1, 0.15) is 5.75 Å². The quantitative estimate of drug-likeness (QED) is 0.433. The Kier molecular flexibility index (Phi) is 9.39. The van der Waals surface area contributed by atoms with Gasteiger partial charge in [-0.3, -0.25) is 4.79 Å². The number of hydrogen-bond donors (Lipinski definition) is 2. The fourth-order valence-electron chi connectivity index (χ4n) is 2.99. The number of allylic oxidation sites excluding steroid dienone is 2. The van der Waals surface area contributed by atoms with Crippen molar-refractivity contribution in [2.45, 2.75) is 44.3 Å². The van der Waals surface area contributed by atoms with Crippen LogP contribution in [-0.4, -0.2) is 41.6 Å². The third-order valence-electron chi connectivity index (χ3n) is 4.41. The van der Waals surface area contributed by atoms with Crippen LogP contribution in [0.15, 0.2) is 48.6 Å². The number of hydrogen-bond acceptors (Lipinski definition) is 4. The number of aliphatic carboxylic acids is 1. The van der Waals surface area contributed by atoms with Crippen molar-refractivity contribution in [3.63, 3.8) is 0 Å². The van der Waals surface area contributed by atoms with Crippen molar-refractivity contribution in [1.29, 1.82) is 0 Å². The molecule has 0 aliphatic carbocycles. The fourth-order valence-corrected chi connectivity index (χ4v) is 3.17. The van der Waals surface area contributed by atoms with Crippen LogP contribution in [0.1, 0.15) is 32.1 Å². The maximum Gasteiger partial charge on any atom is 0.303 e. The third-order valence-corrected chi connectivity index (χ3v) is 4.64. The van der Waals surface area contributed by atoms with E-state index in [-0.39, 0.29) is 18.4 Å². The Labute approximate surface area is 165 Å². The molecule has 0 amide bonds. The van der Waals surface area contributed by atoms with E-state index in [0.717, 1.165) is 25.0 Å². The summed E-state index contributed by atoms with van der Waals surface area (Å²) in [6.07, 6.45) is 10.3. The zero-order valence-corrected chi connectivity index (χ0v) is 16.1. The number of ether oxygens (including phenoxy) is 2. The van der Waals surface area contributed by atoms with Crippen molar-refractivity contribution in [2.24, 2.45) is 5.92 Å². The molecule has 6 heteroatoms. The monoisotopic (exact) mass is 394 g/mol. The average molecular weight is 395 g/mol.